The Kier molecular flexibility index (Phi) is 3.25. The number of alkyl halides is 3. The quantitative estimate of drug-likeness (QED) is 0.784. The minimum Gasteiger partial charge on any atom is -0.421 e. The van der Waals surface area contributed by atoms with Crippen molar-refractivity contribution in [3.05, 3.63) is 33.6 Å². The number of aromatic nitrogens is 2. The van der Waals surface area contributed by atoms with Gasteiger partial charge in [0, 0.05) is 6.92 Å². The molecule has 0 aliphatic carbocycles. The molecular weight excluding hydrogens is 292 g/mol. The van der Waals surface area contributed by atoms with Crippen molar-refractivity contribution in [3.8, 4) is 11.5 Å². The highest BCUT2D eigenvalue weighted by Crippen LogP contribution is 2.43. The first-order valence-corrected chi connectivity index (χ1v) is 5.42. The molecule has 2 rings (SSSR count). The van der Waals surface area contributed by atoms with Gasteiger partial charge in [-0.2, -0.15) is 13.2 Å². The number of halogens is 5. The summed E-state index contributed by atoms with van der Waals surface area (Å²) in [6.07, 6.45) is -4.65. The fraction of sp³-hybridized carbons (Fsp3) is 0.200. The van der Waals surface area contributed by atoms with Gasteiger partial charge >= 0.3 is 6.18 Å². The summed E-state index contributed by atoms with van der Waals surface area (Å²) in [5, 5.41) is 6.11. The van der Waals surface area contributed by atoms with Crippen LogP contribution >= 0.6 is 23.2 Å². The largest absolute Gasteiger partial charge is 0.421 e. The molecule has 96 valence electrons. The van der Waals surface area contributed by atoms with Crippen LogP contribution in [0.5, 0.6) is 0 Å². The van der Waals surface area contributed by atoms with Crippen LogP contribution in [-0.2, 0) is 6.18 Å². The molecular formula is C10H5Cl2F3N2O. The molecule has 0 saturated heterocycles. The average Bonchev–Trinajstić information content (AvgIpc) is 2.62. The molecule has 0 atom stereocenters. The maximum absolute atomic E-state index is 12.8. The van der Waals surface area contributed by atoms with E-state index >= 15 is 0 Å². The second-order valence-corrected chi connectivity index (χ2v) is 4.19. The van der Waals surface area contributed by atoms with E-state index in [0.29, 0.717) is 0 Å². The molecule has 3 nitrogen and oxygen atoms in total. The van der Waals surface area contributed by atoms with Crippen molar-refractivity contribution >= 4 is 23.2 Å². The van der Waals surface area contributed by atoms with Gasteiger partial charge < -0.3 is 4.42 Å². The lowest BCUT2D eigenvalue weighted by Gasteiger charge is -2.12. The van der Waals surface area contributed by atoms with Crippen LogP contribution in [0.3, 0.4) is 0 Å². The van der Waals surface area contributed by atoms with Gasteiger partial charge in [0.1, 0.15) is 0 Å². The van der Waals surface area contributed by atoms with Crippen molar-refractivity contribution in [1.82, 2.24) is 10.2 Å². The lowest BCUT2D eigenvalue weighted by molar-refractivity contribution is -0.137. The van der Waals surface area contributed by atoms with Gasteiger partial charge in [-0.15, -0.1) is 10.2 Å². The normalized spacial score (nSPS) is 11.9. The highest BCUT2D eigenvalue weighted by atomic mass is 35.5. The van der Waals surface area contributed by atoms with Crippen molar-refractivity contribution in [2.45, 2.75) is 13.1 Å². The van der Waals surface area contributed by atoms with E-state index in [1.165, 1.54) is 13.0 Å². The zero-order chi connectivity index (χ0) is 13.5. The van der Waals surface area contributed by atoms with Crippen LogP contribution in [0.4, 0.5) is 13.2 Å². The molecule has 0 spiro atoms. The van der Waals surface area contributed by atoms with Crippen LogP contribution in [0.2, 0.25) is 10.0 Å². The Morgan fingerprint density at radius 1 is 1.17 bits per heavy atom. The zero-order valence-electron chi connectivity index (χ0n) is 8.85. The highest BCUT2D eigenvalue weighted by molar-refractivity contribution is 6.37. The number of hydrogen-bond acceptors (Lipinski definition) is 3. The molecule has 0 saturated carbocycles. The second kappa shape index (κ2) is 4.44. The van der Waals surface area contributed by atoms with Gasteiger partial charge in [-0.3, -0.25) is 0 Å². The van der Waals surface area contributed by atoms with E-state index in [4.69, 9.17) is 27.6 Å². The Bertz CT molecular complexity index is 595. The minimum absolute atomic E-state index is 0.00556. The third kappa shape index (κ3) is 2.30. The first kappa shape index (κ1) is 13.2. The standard InChI is InChI=1S/C10H5Cl2F3N2O/c1-4-16-17-9(18-4)5-2-3-6(11)7(8(5)12)10(13,14)15/h2-3H,1H3. The van der Waals surface area contributed by atoms with Crippen LogP contribution in [0.15, 0.2) is 16.5 Å². The summed E-state index contributed by atoms with van der Waals surface area (Å²) in [6.45, 7) is 1.52. The Balaban J connectivity index is 2.65. The third-order valence-electron chi connectivity index (χ3n) is 2.13. The van der Waals surface area contributed by atoms with Crippen molar-refractivity contribution in [1.29, 1.82) is 0 Å². The van der Waals surface area contributed by atoms with Crippen LogP contribution in [0.25, 0.3) is 11.5 Å². The lowest BCUT2D eigenvalue weighted by atomic mass is 10.1. The third-order valence-corrected chi connectivity index (χ3v) is 2.84. The van der Waals surface area contributed by atoms with Gasteiger partial charge in [-0.25, -0.2) is 0 Å². The summed E-state index contributed by atoms with van der Waals surface area (Å²) in [6, 6.07) is 2.39. The minimum atomic E-state index is -4.65. The molecule has 1 aromatic heterocycles. The van der Waals surface area contributed by atoms with Gasteiger partial charge in [0.15, 0.2) is 0 Å². The molecule has 0 N–H and O–H groups in total. The smallest absolute Gasteiger partial charge is 0.419 e. The van der Waals surface area contributed by atoms with Gasteiger partial charge in [-0.1, -0.05) is 23.2 Å². The predicted molar refractivity (Wildman–Crippen MR) is 59.5 cm³/mol. The number of nitrogens with zero attached hydrogens (tertiary/aromatic N) is 2. The number of hydrogen-bond donors (Lipinski definition) is 0. The maximum atomic E-state index is 12.8. The number of aryl methyl sites for hydroxylation is 1. The summed E-state index contributed by atoms with van der Waals surface area (Å²) in [7, 11) is 0. The van der Waals surface area contributed by atoms with Crippen LogP contribution in [0.1, 0.15) is 11.5 Å². The van der Waals surface area contributed by atoms with E-state index in [0.717, 1.165) is 6.07 Å². The average molecular weight is 297 g/mol. The SMILES string of the molecule is Cc1nnc(-c2ccc(Cl)c(C(F)(F)F)c2Cl)o1. The van der Waals surface area contributed by atoms with Crippen molar-refractivity contribution in [3.63, 3.8) is 0 Å². The molecule has 18 heavy (non-hydrogen) atoms. The van der Waals surface area contributed by atoms with E-state index in [-0.39, 0.29) is 17.3 Å². The summed E-state index contributed by atoms with van der Waals surface area (Å²) >= 11 is 11.2. The van der Waals surface area contributed by atoms with Crippen molar-refractivity contribution in [2.24, 2.45) is 0 Å². The van der Waals surface area contributed by atoms with Crippen LogP contribution in [-0.4, -0.2) is 10.2 Å². The van der Waals surface area contributed by atoms with E-state index in [1.54, 1.807) is 0 Å². The maximum Gasteiger partial charge on any atom is 0.419 e. The monoisotopic (exact) mass is 296 g/mol. The fourth-order valence-electron chi connectivity index (χ4n) is 1.38. The molecule has 1 heterocycles. The Labute approximate surface area is 110 Å². The Hall–Kier alpha value is -1.27. The first-order chi connectivity index (χ1) is 8.30. The van der Waals surface area contributed by atoms with Crippen molar-refractivity contribution < 1.29 is 17.6 Å². The summed E-state index contributed by atoms with van der Waals surface area (Å²) in [5.41, 5.74) is -1.12. The second-order valence-electron chi connectivity index (χ2n) is 3.41. The van der Waals surface area contributed by atoms with Gasteiger partial charge in [0.2, 0.25) is 11.8 Å². The van der Waals surface area contributed by atoms with Gasteiger partial charge in [0.05, 0.1) is 21.2 Å². The lowest BCUT2D eigenvalue weighted by Crippen LogP contribution is -2.07. The zero-order valence-corrected chi connectivity index (χ0v) is 10.4. The van der Waals surface area contributed by atoms with Gasteiger partial charge in [0.25, 0.3) is 0 Å². The fourth-order valence-corrected chi connectivity index (χ4v) is 2.05. The number of benzene rings is 1. The van der Waals surface area contributed by atoms with E-state index < -0.39 is 21.8 Å². The molecule has 0 unspecified atom stereocenters. The summed E-state index contributed by atoms with van der Waals surface area (Å²) in [4.78, 5) is 0. The molecule has 0 bridgehead atoms. The van der Waals surface area contributed by atoms with Crippen LogP contribution in [0, 0.1) is 6.92 Å². The molecule has 0 radical (unpaired) electrons. The molecule has 1 aromatic carbocycles. The predicted octanol–water partition coefficient (Wildman–Crippen LogP) is 4.37. The van der Waals surface area contributed by atoms with Gasteiger partial charge in [-0.05, 0) is 12.1 Å². The summed E-state index contributed by atoms with van der Waals surface area (Å²) in [5.74, 6) is 0.143. The molecule has 2 aromatic rings. The van der Waals surface area contributed by atoms with Crippen molar-refractivity contribution in [2.75, 3.05) is 0 Å². The molecule has 0 amide bonds. The number of rotatable bonds is 1. The Morgan fingerprint density at radius 3 is 2.33 bits per heavy atom. The summed E-state index contributed by atoms with van der Waals surface area (Å²) < 4.78 is 43.4. The van der Waals surface area contributed by atoms with E-state index in [1.807, 2.05) is 0 Å². The molecule has 0 aliphatic heterocycles. The van der Waals surface area contributed by atoms with Crippen LogP contribution < -0.4 is 0 Å². The highest BCUT2D eigenvalue weighted by Gasteiger charge is 2.37. The first-order valence-electron chi connectivity index (χ1n) is 4.66. The molecule has 0 aliphatic rings. The Morgan fingerprint density at radius 2 is 1.83 bits per heavy atom. The molecule has 0 fully saturated rings. The molecule has 8 heteroatoms. The van der Waals surface area contributed by atoms with E-state index in [2.05, 4.69) is 10.2 Å². The topological polar surface area (TPSA) is 38.9 Å². The van der Waals surface area contributed by atoms with E-state index in [9.17, 15) is 13.2 Å².